The first-order valence-electron chi connectivity index (χ1n) is 4.08. The van der Waals surface area contributed by atoms with Crippen LogP contribution in [0.5, 0.6) is 0 Å². The molecule has 0 aliphatic carbocycles. The number of likely N-dealkylation sites (tertiary alicyclic amines) is 1. The van der Waals surface area contributed by atoms with Crippen molar-refractivity contribution in [3.05, 3.63) is 0 Å². The molecule has 0 saturated carbocycles. The van der Waals surface area contributed by atoms with Crippen molar-refractivity contribution in [3.63, 3.8) is 0 Å². The summed E-state index contributed by atoms with van der Waals surface area (Å²) in [5.41, 5.74) is 0. The number of amides is 1. The topological polar surface area (TPSA) is 20.3 Å². The summed E-state index contributed by atoms with van der Waals surface area (Å²) in [7, 11) is 0. The maximum Gasteiger partial charge on any atom is 0.223 e. The fourth-order valence-electron chi connectivity index (χ4n) is 1.34. The Morgan fingerprint density at radius 2 is 2.27 bits per heavy atom. The Kier molecular flexibility index (Phi) is 3.24. The molecule has 0 aromatic rings. The molecule has 0 aromatic heterocycles. The van der Waals surface area contributed by atoms with Crippen LogP contribution in [0.4, 0.5) is 0 Å². The minimum atomic E-state index is 0.332. The average molecular weight is 173 g/mol. The van der Waals surface area contributed by atoms with Crippen LogP contribution in [-0.2, 0) is 4.79 Å². The van der Waals surface area contributed by atoms with E-state index in [9.17, 15) is 4.79 Å². The smallest absolute Gasteiger partial charge is 0.223 e. The average Bonchev–Trinajstić information content (AvgIpc) is 2.04. The molecule has 1 atom stereocenters. The van der Waals surface area contributed by atoms with E-state index in [1.807, 2.05) is 11.2 Å². The predicted molar refractivity (Wildman–Crippen MR) is 48.5 cm³/mol. The van der Waals surface area contributed by atoms with Gasteiger partial charge in [0.05, 0.1) is 5.37 Å². The lowest BCUT2D eigenvalue weighted by Gasteiger charge is -2.31. The summed E-state index contributed by atoms with van der Waals surface area (Å²) in [6, 6.07) is 0. The quantitative estimate of drug-likeness (QED) is 0.633. The largest absolute Gasteiger partial charge is 0.331 e. The van der Waals surface area contributed by atoms with Gasteiger partial charge in [-0.2, -0.15) is 0 Å². The molecule has 1 fully saturated rings. The summed E-state index contributed by atoms with van der Waals surface area (Å²) in [6.07, 6.45) is 5.06. The number of carbonyl (C=O) groups is 1. The number of nitrogens with zero attached hydrogens (tertiary/aromatic N) is 1. The lowest BCUT2D eigenvalue weighted by molar-refractivity contribution is -0.133. The first kappa shape index (κ1) is 8.91. The maximum atomic E-state index is 11.3. The maximum absolute atomic E-state index is 11.3. The van der Waals surface area contributed by atoms with E-state index in [4.69, 9.17) is 0 Å². The van der Waals surface area contributed by atoms with Crippen LogP contribution < -0.4 is 0 Å². The standard InChI is InChI=1S/C8H15NOS/c1-7(11-2)9-6-4-3-5-8(9)10/h7H,3-6H2,1-2H3. The lowest BCUT2D eigenvalue weighted by Crippen LogP contribution is -2.40. The first-order valence-corrected chi connectivity index (χ1v) is 5.36. The Hall–Kier alpha value is -0.180. The Morgan fingerprint density at radius 1 is 1.55 bits per heavy atom. The number of hydrogen-bond donors (Lipinski definition) is 0. The van der Waals surface area contributed by atoms with Crippen LogP contribution >= 0.6 is 11.8 Å². The zero-order chi connectivity index (χ0) is 8.27. The third-order valence-corrected chi connectivity index (χ3v) is 3.08. The molecular weight excluding hydrogens is 158 g/mol. The summed E-state index contributed by atoms with van der Waals surface area (Å²) >= 11 is 1.74. The molecular formula is C8H15NOS. The SMILES string of the molecule is CSC(C)N1CCCCC1=O. The molecule has 3 heteroatoms. The monoisotopic (exact) mass is 173 g/mol. The van der Waals surface area contributed by atoms with Crippen molar-refractivity contribution < 1.29 is 4.79 Å². The second-order valence-electron chi connectivity index (χ2n) is 2.88. The lowest BCUT2D eigenvalue weighted by atomic mass is 10.1. The fourth-order valence-corrected chi connectivity index (χ4v) is 1.82. The highest BCUT2D eigenvalue weighted by atomic mass is 32.2. The normalized spacial score (nSPS) is 22.0. The minimum absolute atomic E-state index is 0.332. The van der Waals surface area contributed by atoms with Crippen molar-refractivity contribution >= 4 is 17.7 Å². The van der Waals surface area contributed by atoms with Crippen molar-refractivity contribution in [1.82, 2.24) is 4.90 Å². The van der Waals surface area contributed by atoms with Gasteiger partial charge < -0.3 is 4.90 Å². The number of piperidine rings is 1. The second-order valence-corrected chi connectivity index (χ2v) is 4.03. The molecule has 1 amide bonds. The Morgan fingerprint density at radius 3 is 2.82 bits per heavy atom. The van der Waals surface area contributed by atoms with Crippen molar-refractivity contribution in [2.45, 2.75) is 31.6 Å². The summed E-state index contributed by atoms with van der Waals surface area (Å²) in [4.78, 5) is 13.3. The van der Waals surface area contributed by atoms with E-state index in [2.05, 4.69) is 6.92 Å². The fraction of sp³-hybridized carbons (Fsp3) is 0.875. The van der Waals surface area contributed by atoms with Gasteiger partial charge in [-0.05, 0) is 26.0 Å². The van der Waals surface area contributed by atoms with E-state index in [0.717, 1.165) is 19.4 Å². The van der Waals surface area contributed by atoms with Crippen molar-refractivity contribution in [1.29, 1.82) is 0 Å². The number of thioether (sulfide) groups is 1. The summed E-state index contributed by atoms with van der Waals surface area (Å²) in [5, 5.41) is 0.364. The van der Waals surface area contributed by atoms with Gasteiger partial charge >= 0.3 is 0 Å². The number of carbonyl (C=O) groups excluding carboxylic acids is 1. The van der Waals surface area contributed by atoms with Crippen molar-refractivity contribution in [3.8, 4) is 0 Å². The molecule has 1 rings (SSSR count). The van der Waals surface area contributed by atoms with Gasteiger partial charge in [-0.25, -0.2) is 0 Å². The van der Waals surface area contributed by atoms with Gasteiger partial charge in [0, 0.05) is 13.0 Å². The second kappa shape index (κ2) is 4.00. The van der Waals surface area contributed by atoms with Crippen LogP contribution in [0.2, 0.25) is 0 Å². The molecule has 1 heterocycles. The Labute approximate surface area is 72.3 Å². The molecule has 0 spiro atoms. The third kappa shape index (κ3) is 2.12. The highest BCUT2D eigenvalue weighted by Crippen LogP contribution is 2.18. The number of rotatable bonds is 2. The third-order valence-electron chi connectivity index (χ3n) is 2.14. The zero-order valence-corrected chi connectivity index (χ0v) is 7.99. The molecule has 1 aliphatic rings. The van der Waals surface area contributed by atoms with E-state index in [0.29, 0.717) is 11.3 Å². The molecule has 1 aliphatic heterocycles. The van der Waals surface area contributed by atoms with Gasteiger partial charge in [-0.3, -0.25) is 4.79 Å². The van der Waals surface area contributed by atoms with Crippen LogP contribution in [-0.4, -0.2) is 29.0 Å². The molecule has 0 bridgehead atoms. The Bertz CT molecular complexity index is 149. The predicted octanol–water partition coefficient (Wildman–Crippen LogP) is 1.71. The van der Waals surface area contributed by atoms with Gasteiger partial charge in [0.25, 0.3) is 0 Å². The van der Waals surface area contributed by atoms with Crippen LogP contribution in [0.3, 0.4) is 0 Å². The highest BCUT2D eigenvalue weighted by molar-refractivity contribution is 7.99. The van der Waals surface area contributed by atoms with E-state index < -0.39 is 0 Å². The molecule has 0 aromatic carbocycles. The zero-order valence-electron chi connectivity index (χ0n) is 7.17. The van der Waals surface area contributed by atoms with Crippen molar-refractivity contribution in [2.24, 2.45) is 0 Å². The van der Waals surface area contributed by atoms with Gasteiger partial charge in [0.15, 0.2) is 0 Å². The molecule has 0 N–H and O–H groups in total. The van der Waals surface area contributed by atoms with E-state index in [1.54, 1.807) is 11.8 Å². The van der Waals surface area contributed by atoms with Crippen molar-refractivity contribution in [2.75, 3.05) is 12.8 Å². The summed E-state index contributed by atoms with van der Waals surface area (Å²) in [6.45, 7) is 3.05. The summed E-state index contributed by atoms with van der Waals surface area (Å²) in [5.74, 6) is 0.332. The molecule has 11 heavy (non-hydrogen) atoms. The van der Waals surface area contributed by atoms with Gasteiger partial charge in [-0.15, -0.1) is 11.8 Å². The van der Waals surface area contributed by atoms with Crippen LogP contribution in [0.1, 0.15) is 26.2 Å². The summed E-state index contributed by atoms with van der Waals surface area (Å²) < 4.78 is 0. The first-order chi connectivity index (χ1) is 5.25. The molecule has 2 nitrogen and oxygen atoms in total. The van der Waals surface area contributed by atoms with Gasteiger partial charge in [0.1, 0.15) is 0 Å². The van der Waals surface area contributed by atoms with Gasteiger partial charge in [0.2, 0.25) is 5.91 Å². The van der Waals surface area contributed by atoms with E-state index >= 15 is 0 Å². The highest BCUT2D eigenvalue weighted by Gasteiger charge is 2.21. The molecule has 1 unspecified atom stereocenters. The van der Waals surface area contributed by atoms with E-state index in [1.165, 1.54) is 6.42 Å². The number of hydrogen-bond acceptors (Lipinski definition) is 2. The Balaban J connectivity index is 2.47. The molecule has 0 radical (unpaired) electrons. The van der Waals surface area contributed by atoms with Gasteiger partial charge in [-0.1, -0.05) is 0 Å². The minimum Gasteiger partial charge on any atom is -0.331 e. The van der Waals surface area contributed by atoms with Crippen LogP contribution in [0.25, 0.3) is 0 Å². The molecule has 64 valence electrons. The van der Waals surface area contributed by atoms with Crippen LogP contribution in [0.15, 0.2) is 0 Å². The van der Waals surface area contributed by atoms with E-state index in [-0.39, 0.29) is 0 Å². The van der Waals surface area contributed by atoms with Crippen LogP contribution in [0, 0.1) is 0 Å². The molecule has 1 saturated heterocycles.